The number of carbonyl (C=O) groups excluding carboxylic acids is 1. The second kappa shape index (κ2) is 5.01. The van der Waals surface area contributed by atoms with Crippen molar-refractivity contribution in [3.05, 3.63) is 53.4 Å². The van der Waals surface area contributed by atoms with Gasteiger partial charge in [-0.25, -0.2) is 0 Å². The number of rotatable bonds is 2. The van der Waals surface area contributed by atoms with Gasteiger partial charge in [0.25, 0.3) is 5.91 Å². The summed E-state index contributed by atoms with van der Waals surface area (Å²) in [5.74, 6) is -0.123. The highest BCUT2D eigenvalue weighted by Crippen LogP contribution is 2.24. The van der Waals surface area contributed by atoms with Gasteiger partial charge in [-0.15, -0.1) is 0 Å². The first kappa shape index (κ1) is 13.3. The molecule has 1 aromatic carbocycles. The van der Waals surface area contributed by atoms with Gasteiger partial charge in [-0.3, -0.25) is 9.48 Å². The molecule has 1 aliphatic rings. The molecular weight excluding hydrogens is 264 g/mol. The molecule has 5 heteroatoms. The Labute approximate surface area is 123 Å². The number of aromatic nitrogens is 2. The zero-order valence-electron chi connectivity index (χ0n) is 12.2. The lowest BCUT2D eigenvalue weighted by molar-refractivity contribution is -0.114. The highest BCUT2D eigenvalue weighted by Gasteiger charge is 2.28. The van der Waals surface area contributed by atoms with Crippen LogP contribution in [0.25, 0.3) is 6.08 Å². The average molecular weight is 280 g/mol. The third-order valence-corrected chi connectivity index (χ3v) is 3.49. The molecule has 0 atom stereocenters. The van der Waals surface area contributed by atoms with Crippen molar-refractivity contribution in [1.29, 1.82) is 0 Å². The first-order valence-electron chi connectivity index (χ1n) is 6.73. The second-order valence-electron chi connectivity index (χ2n) is 5.03. The summed E-state index contributed by atoms with van der Waals surface area (Å²) < 4.78 is 1.78. The molecule has 1 aromatic heterocycles. The quantitative estimate of drug-likeness (QED) is 0.794. The Morgan fingerprint density at radius 1 is 1.14 bits per heavy atom. The second-order valence-corrected chi connectivity index (χ2v) is 5.03. The van der Waals surface area contributed by atoms with E-state index in [9.17, 15) is 4.79 Å². The van der Waals surface area contributed by atoms with Crippen LogP contribution in [0.3, 0.4) is 0 Å². The van der Waals surface area contributed by atoms with Crippen LogP contribution in [-0.2, 0) is 11.8 Å². The zero-order valence-corrected chi connectivity index (χ0v) is 12.2. The van der Waals surface area contributed by atoms with Gasteiger partial charge in [0.1, 0.15) is 0 Å². The molecule has 106 valence electrons. The fraction of sp³-hybridized carbons (Fsp3) is 0.188. The van der Waals surface area contributed by atoms with E-state index >= 15 is 0 Å². The molecule has 0 saturated heterocycles. The summed E-state index contributed by atoms with van der Waals surface area (Å²) in [7, 11) is 1.88. The van der Waals surface area contributed by atoms with Crippen molar-refractivity contribution in [2.75, 3.05) is 5.01 Å². The van der Waals surface area contributed by atoms with Gasteiger partial charge >= 0.3 is 0 Å². The Morgan fingerprint density at radius 2 is 1.86 bits per heavy atom. The van der Waals surface area contributed by atoms with E-state index in [-0.39, 0.29) is 5.91 Å². The number of anilines is 1. The van der Waals surface area contributed by atoms with Gasteiger partial charge < -0.3 is 0 Å². The zero-order chi connectivity index (χ0) is 15.0. The number of aryl methyl sites for hydroxylation is 2. The Hall–Kier alpha value is -2.69. The van der Waals surface area contributed by atoms with E-state index < -0.39 is 0 Å². The SMILES string of the molecule is CC1=NN(c2ccccc2)C(=O)/C1=C\c1cc(C)n(C)n1. The normalized spacial score (nSPS) is 16.7. The van der Waals surface area contributed by atoms with Crippen LogP contribution in [0.5, 0.6) is 0 Å². The summed E-state index contributed by atoms with van der Waals surface area (Å²) in [6.07, 6.45) is 1.79. The Kier molecular flexibility index (Phi) is 3.17. The van der Waals surface area contributed by atoms with Gasteiger partial charge in [0.15, 0.2) is 0 Å². The smallest absolute Gasteiger partial charge is 0.272 e. The van der Waals surface area contributed by atoms with E-state index in [2.05, 4.69) is 10.2 Å². The number of carbonyl (C=O) groups is 1. The molecule has 1 aliphatic heterocycles. The van der Waals surface area contributed by atoms with Gasteiger partial charge in [0, 0.05) is 12.7 Å². The van der Waals surface area contributed by atoms with E-state index in [1.165, 1.54) is 5.01 Å². The third kappa shape index (κ3) is 2.38. The first-order chi connectivity index (χ1) is 10.1. The molecule has 0 aliphatic carbocycles. The van der Waals surface area contributed by atoms with Crippen molar-refractivity contribution in [1.82, 2.24) is 9.78 Å². The molecule has 0 radical (unpaired) electrons. The summed E-state index contributed by atoms with van der Waals surface area (Å²) >= 11 is 0. The number of hydrogen-bond donors (Lipinski definition) is 0. The van der Waals surface area contributed by atoms with Crippen LogP contribution in [-0.4, -0.2) is 21.4 Å². The van der Waals surface area contributed by atoms with Crippen molar-refractivity contribution < 1.29 is 4.79 Å². The van der Waals surface area contributed by atoms with Crippen molar-refractivity contribution in [2.24, 2.45) is 12.1 Å². The number of hydrazone groups is 1. The summed E-state index contributed by atoms with van der Waals surface area (Å²) in [5, 5.41) is 10.1. The molecule has 5 nitrogen and oxygen atoms in total. The molecule has 0 spiro atoms. The number of amides is 1. The van der Waals surface area contributed by atoms with Crippen LogP contribution >= 0.6 is 0 Å². The standard InChI is InChI=1S/C16H16N4O/c1-11-9-13(18-19(11)3)10-15-12(2)17-20(16(15)21)14-7-5-4-6-8-14/h4-10H,1-3H3/b15-10-. The number of benzene rings is 1. The van der Waals surface area contributed by atoms with E-state index in [0.29, 0.717) is 11.3 Å². The highest BCUT2D eigenvalue weighted by molar-refractivity contribution is 6.32. The maximum absolute atomic E-state index is 12.5. The van der Waals surface area contributed by atoms with E-state index in [0.717, 1.165) is 17.1 Å². The number of para-hydroxylation sites is 1. The van der Waals surface area contributed by atoms with Crippen molar-refractivity contribution in [2.45, 2.75) is 13.8 Å². The van der Waals surface area contributed by atoms with E-state index in [1.54, 1.807) is 10.8 Å². The van der Waals surface area contributed by atoms with Gasteiger partial charge in [-0.2, -0.15) is 15.2 Å². The van der Waals surface area contributed by atoms with Gasteiger partial charge in [0.05, 0.1) is 22.7 Å². The maximum atomic E-state index is 12.5. The van der Waals surface area contributed by atoms with E-state index in [4.69, 9.17) is 0 Å². The Morgan fingerprint density at radius 3 is 2.48 bits per heavy atom. The molecule has 0 fully saturated rings. The van der Waals surface area contributed by atoms with Gasteiger partial charge in [-0.1, -0.05) is 18.2 Å². The lowest BCUT2D eigenvalue weighted by Gasteiger charge is -2.10. The van der Waals surface area contributed by atoms with Crippen LogP contribution in [0.15, 0.2) is 47.1 Å². The summed E-state index contributed by atoms with van der Waals surface area (Å²) in [5.41, 5.74) is 3.86. The summed E-state index contributed by atoms with van der Waals surface area (Å²) in [6, 6.07) is 11.4. The molecule has 3 rings (SSSR count). The number of nitrogens with zero attached hydrogens (tertiary/aromatic N) is 4. The van der Waals surface area contributed by atoms with Gasteiger partial charge in [0.2, 0.25) is 0 Å². The summed E-state index contributed by atoms with van der Waals surface area (Å²) in [4.78, 5) is 12.5. The Bertz CT molecular complexity index is 736. The minimum atomic E-state index is -0.123. The maximum Gasteiger partial charge on any atom is 0.280 e. The van der Waals surface area contributed by atoms with Crippen molar-refractivity contribution in [3.63, 3.8) is 0 Å². The number of hydrogen-bond acceptors (Lipinski definition) is 3. The molecule has 2 heterocycles. The third-order valence-electron chi connectivity index (χ3n) is 3.49. The highest BCUT2D eigenvalue weighted by atomic mass is 16.2. The predicted octanol–water partition coefficient (Wildman–Crippen LogP) is 2.53. The van der Waals surface area contributed by atoms with E-state index in [1.807, 2.05) is 57.3 Å². The molecular formula is C16H16N4O. The molecule has 21 heavy (non-hydrogen) atoms. The fourth-order valence-corrected chi connectivity index (χ4v) is 2.24. The minimum absolute atomic E-state index is 0.123. The minimum Gasteiger partial charge on any atom is -0.272 e. The van der Waals surface area contributed by atoms with Crippen molar-refractivity contribution >= 4 is 23.4 Å². The lowest BCUT2D eigenvalue weighted by atomic mass is 10.1. The van der Waals surface area contributed by atoms with Crippen LogP contribution in [0.1, 0.15) is 18.3 Å². The van der Waals surface area contributed by atoms with Crippen LogP contribution in [0.2, 0.25) is 0 Å². The van der Waals surface area contributed by atoms with Crippen LogP contribution in [0, 0.1) is 6.92 Å². The lowest BCUT2D eigenvalue weighted by Crippen LogP contribution is -2.21. The Balaban J connectivity index is 1.96. The van der Waals surface area contributed by atoms with Crippen LogP contribution in [0.4, 0.5) is 5.69 Å². The monoisotopic (exact) mass is 280 g/mol. The van der Waals surface area contributed by atoms with Crippen molar-refractivity contribution in [3.8, 4) is 0 Å². The first-order valence-corrected chi connectivity index (χ1v) is 6.73. The molecule has 0 bridgehead atoms. The molecule has 0 saturated carbocycles. The molecule has 0 unspecified atom stereocenters. The predicted molar refractivity (Wildman–Crippen MR) is 83.0 cm³/mol. The molecule has 2 aromatic rings. The summed E-state index contributed by atoms with van der Waals surface area (Å²) in [6.45, 7) is 3.81. The van der Waals surface area contributed by atoms with Crippen LogP contribution < -0.4 is 5.01 Å². The fourth-order valence-electron chi connectivity index (χ4n) is 2.24. The largest absolute Gasteiger partial charge is 0.280 e. The van der Waals surface area contributed by atoms with Gasteiger partial charge in [-0.05, 0) is 38.1 Å². The molecule has 1 amide bonds. The molecule has 0 N–H and O–H groups in total. The topological polar surface area (TPSA) is 50.5 Å². The average Bonchev–Trinajstić information content (AvgIpc) is 2.94.